The van der Waals surface area contributed by atoms with E-state index in [4.69, 9.17) is 12.2 Å². The van der Waals surface area contributed by atoms with E-state index in [-0.39, 0.29) is 5.91 Å². The van der Waals surface area contributed by atoms with Gasteiger partial charge in [0.05, 0.1) is 5.54 Å². The van der Waals surface area contributed by atoms with Crippen LogP contribution < -0.4 is 5.73 Å². The Balaban J connectivity index is 2.51. The number of rotatable bonds is 1. The fourth-order valence-electron chi connectivity index (χ4n) is 1.66. The fraction of sp³-hybridized carbons (Fsp3) is 0.727. The van der Waals surface area contributed by atoms with Gasteiger partial charge < -0.3 is 10.6 Å². The van der Waals surface area contributed by atoms with E-state index in [2.05, 4.69) is 5.92 Å². The molecule has 0 saturated carbocycles. The Hall–Kier alpha value is -1.01. The maximum absolute atomic E-state index is 11.8. The lowest BCUT2D eigenvalue weighted by Gasteiger charge is -2.34. The summed E-state index contributed by atoms with van der Waals surface area (Å²) < 4.78 is 0. The third kappa shape index (κ3) is 2.49. The molecule has 0 aromatic rings. The van der Waals surface area contributed by atoms with Crippen molar-refractivity contribution in [3.63, 3.8) is 0 Å². The molecule has 0 spiro atoms. The van der Waals surface area contributed by atoms with Crippen LogP contribution in [0.1, 0.15) is 26.7 Å². The summed E-state index contributed by atoms with van der Waals surface area (Å²) in [6.45, 7) is 4.97. The first-order valence-corrected chi connectivity index (χ1v) is 4.99. The lowest BCUT2D eigenvalue weighted by Crippen LogP contribution is -2.53. The number of nitrogens with two attached hydrogens (primary N) is 1. The van der Waals surface area contributed by atoms with Gasteiger partial charge in [-0.1, -0.05) is 0 Å². The van der Waals surface area contributed by atoms with Gasteiger partial charge in [-0.3, -0.25) is 4.79 Å². The second kappa shape index (κ2) is 4.02. The average molecular weight is 194 g/mol. The van der Waals surface area contributed by atoms with Crippen LogP contribution in [0.25, 0.3) is 0 Å². The number of hydrogen-bond donors (Lipinski definition) is 1. The zero-order valence-electron chi connectivity index (χ0n) is 8.92. The standard InChI is InChI=1S/C11H18N2O/c1-4-9-5-7-13(8-6-9)10(14)11(2,3)12/h1,9H,5-8,12H2,2-3H3. The Labute approximate surface area is 85.6 Å². The molecule has 1 aliphatic heterocycles. The largest absolute Gasteiger partial charge is 0.341 e. The average Bonchev–Trinajstić information content (AvgIpc) is 2.15. The van der Waals surface area contributed by atoms with Crippen LogP contribution in [0.3, 0.4) is 0 Å². The van der Waals surface area contributed by atoms with E-state index in [1.165, 1.54) is 0 Å². The predicted octanol–water partition coefficient (Wildman–Crippen LogP) is 0.596. The fourth-order valence-corrected chi connectivity index (χ4v) is 1.66. The minimum absolute atomic E-state index is 0.0213. The molecule has 3 nitrogen and oxygen atoms in total. The highest BCUT2D eigenvalue weighted by molar-refractivity contribution is 5.85. The number of piperidine rings is 1. The van der Waals surface area contributed by atoms with E-state index in [1.54, 1.807) is 13.8 Å². The molecular formula is C11H18N2O. The zero-order valence-corrected chi connectivity index (χ0v) is 8.92. The van der Waals surface area contributed by atoms with E-state index in [0.29, 0.717) is 5.92 Å². The van der Waals surface area contributed by atoms with Crippen molar-refractivity contribution in [3.8, 4) is 12.3 Å². The lowest BCUT2D eigenvalue weighted by atomic mass is 9.96. The van der Waals surface area contributed by atoms with Crippen molar-refractivity contribution < 1.29 is 4.79 Å². The van der Waals surface area contributed by atoms with Crippen LogP contribution in [0.15, 0.2) is 0 Å². The maximum Gasteiger partial charge on any atom is 0.242 e. The Morgan fingerprint density at radius 3 is 2.36 bits per heavy atom. The molecule has 0 bridgehead atoms. The number of likely N-dealkylation sites (tertiary alicyclic amines) is 1. The van der Waals surface area contributed by atoms with Gasteiger partial charge in [0.15, 0.2) is 0 Å². The van der Waals surface area contributed by atoms with Gasteiger partial charge >= 0.3 is 0 Å². The summed E-state index contributed by atoms with van der Waals surface area (Å²) in [6.07, 6.45) is 7.13. The van der Waals surface area contributed by atoms with Gasteiger partial charge in [-0.05, 0) is 26.7 Å². The predicted molar refractivity (Wildman–Crippen MR) is 56.4 cm³/mol. The van der Waals surface area contributed by atoms with Crippen molar-refractivity contribution in [1.29, 1.82) is 0 Å². The zero-order chi connectivity index (χ0) is 10.8. The van der Waals surface area contributed by atoms with E-state index < -0.39 is 5.54 Å². The Bertz CT molecular complexity index is 251. The summed E-state index contributed by atoms with van der Waals surface area (Å²) in [5.74, 6) is 3.09. The van der Waals surface area contributed by atoms with Gasteiger partial charge in [-0.2, -0.15) is 0 Å². The van der Waals surface area contributed by atoms with Gasteiger partial charge in [-0.25, -0.2) is 0 Å². The third-order valence-electron chi connectivity index (χ3n) is 2.57. The molecule has 2 N–H and O–H groups in total. The van der Waals surface area contributed by atoms with Crippen molar-refractivity contribution in [1.82, 2.24) is 4.90 Å². The first-order chi connectivity index (χ1) is 6.45. The normalized spacial score (nSPS) is 19.1. The van der Waals surface area contributed by atoms with E-state index >= 15 is 0 Å². The van der Waals surface area contributed by atoms with Crippen molar-refractivity contribution in [2.75, 3.05) is 13.1 Å². The summed E-state index contributed by atoms with van der Waals surface area (Å²) in [7, 11) is 0. The molecule has 1 amide bonds. The first-order valence-electron chi connectivity index (χ1n) is 4.99. The van der Waals surface area contributed by atoms with E-state index in [0.717, 1.165) is 25.9 Å². The minimum Gasteiger partial charge on any atom is -0.341 e. The highest BCUT2D eigenvalue weighted by Crippen LogP contribution is 2.18. The molecule has 0 radical (unpaired) electrons. The van der Waals surface area contributed by atoms with Crippen molar-refractivity contribution in [2.45, 2.75) is 32.2 Å². The third-order valence-corrected chi connectivity index (χ3v) is 2.57. The van der Waals surface area contributed by atoms with Crippen LogP contribution in [-0.4, -0.2) is 29.4 Å². The van der Waals surface area contributed by atoms with Crippen molar-refractivity contribution >= 4 is 5.91 Å². The second-order valence-electron chi connectivity index (χ2n) is 4.45. The molecule has 0 atom stereocenters. The maximum atomic E-state index is 11.8. The molecule has 0 aromatic carbocycles. The summed E-state index contributed by atoms with van der Waals surface area (Å²) >= 11 is 0. The SMILES string of the molecule is C#CC1CCN(C(=O)C(C)(C)N)CC1. The number of carbonyl (C=O) groups is 1. The Morgan fingerprint density at radius 2 is 2.00 bits per heavy atom. The Morgan fingerprint density at radius 1 is 1.50 bits per heavy atom. The van der Waals surface area contributed by atoms with Crippen molar-refractivity contribution in [2.24, 2.45) is 11.7 Å². The van der Waals surface area contributed by atoms with Gasteiger partial charge in [-0.15, -0.1) is 12.3 Å². The smallest absolute Gasteiger partial charge is 0.242 e. The van der Waals surface area contributed by atoms with Gasteiger partial charge in [0.2, 0.25) is 5.91 Å². The summed E-state index contributed by atoms with van der Waals surface area (Å²) in [6, 6.07) is 0. The van der Waals surface area contributed by atoms with Crippen LogP contribution in [0.4, 0.5) is 0 Å². The van der Waals surface area contributed by atoms with Gasteiger partial charge in [0.1, 0.15) is 0 Å². The van der Waals surface area contributed by atoms with Crippen LogP contribution in [0, 0.1) is 18.3 Å². The number of amides is 1. The quantitative estimate of drug-likeness (QED) is 0.621. The molecule has 1 heterocycles. The molecule has 14 heavy (non-hydrogen) atoms. The molecule has 1 fully saturated rings. The highest BCUT2D eigenvalue weighted by atomic mass is 16.2. The van der Waals surface area contributed by atoms with Crippen LogP contribution in [-0.2, 0) is 4.79 Å². The van der Waals surface area contributed by atoms with Gasteiger partial charge in [0, 0.05) is 19.0 Å². The molecule has 1 saturated heterocycles. The summed E-state index contributed by atoms with van der Waals surface area (Å²) in [4.78, 5) is 13.6. The van der Waals surface area contributed by atoms with Gasteiger partial charge in [0.25, 0.3) is 0 Å². The lowest BCUT2D eigenvalue weighted by molar-refractivity contribution is -0.136. The summed E-state index contributed by atoms with van der Waals surface area (Å²) in [5.41, 5.74) is 4.98. The number of carbonyl (C=O) groups excluding carboxylic acids is 1. The molecule has 1 rings (SSSR count). The monoisotopic (exact) mass is 194 g/mol. The number of hydrogen-bond acceptors (Lipinski definition) is 2. The Kier molecular flexibility index (Phi) is 3.17. The minimum atomic E-state index is -0.761. The van der Waals surface area contributed by atoms with Crippen LogP contribution in [0.5, 0.6) is 0 Å². The van der Waals surface area contributed by atoms with Crippen LogP contribution >= 0.6 is 0 Å². The van der Waals surface area contributed by atoms with Crippen molar-refractivity contribution in [3.05, 3.63) is 0 Å². The molecule has 1 aliphatic rings. The van der Waals surface area contributed by atoms with E-state index in [1.807, 2.05) is 4.90 Å². The molecule has 3 heteroatoms. The molecule has 78 valence electrons. The van der Waals surface area contributed by atoms with E-state index in [9.17, 15) is 4.79 Å². The molecule has 0 aliphatic carbocycles. The molecule has 0 aromatic heterocycles. The molecule has 0 unspecified atom stereocenters. The highest BCUT2D eigenvalue weighted by Gasteiger charge is 2.30. The molecular weight excluding hydrogens is 176 g/mol. The second-order valence-corrected chi connectivity index (χ2v) is 4.45. The first kappa shape index (κ1) is 11.1. The number of nitrogens with zero attached hydrogens (tertiary/aromatic N) is 1. The topological polar surface area (TPSA) is 46.3 Å². The van der Waals surface area contributed by atoms with Crippen LogP contribution in [0.2, 0.25) is 0 Å². The summed E-state index contributed by atoms with van der Waals surface area (Å²) in [5, 5.41) is 0. The number of terminal acetylenes is 1.